The predicted molar refractivity (Wildman–Crippen MR) is 121 cm³/mol. The van der Waals surface area contributed by atoms with Crippen LogP contribution in [0.5, 0.6) is 5.75 Å². The minimum absolute atomic E-state index is 0.0530. The molecule has 0 unspecified atom stereocenters. The van der Waals surface area contributed by atoms with E-state index in [1.54, 1.807) is 15.9 Å². The van der Waals surface area contributed by atoms with Crippen molar-refractivity contribution in [1.82, 2.24) is 24.6 Å². The number of halogens is 1. The Hall–Kier alpha value is -2.20. The lowest BCUT2D eigenvalue weighted by Crippen LogP contribution is -2.50. The summed E-state index contributed by atoms with van der Waals surface area (Å²) >= 11 is 13.0. The summed E-state index contributed by atoms with van der Waals surface area (Å²) in [6, 6.07) is 11.4. The van der Waals surface area contributed by atoms with Gasteiger partial charge >= 0.3 is 0 Å². The number of piperazine rings is 1. The van der Waals surface area contributed by atoms with Gasteiger partial charge in [0.2, 0.25) is 5.91 Å². The van der Waals surface area contributed by atoms with Gasteiger partial charge < -0.3 is 9.64 Å². The molecule has 7 nitrogen and oxygen atoms in total. The van der Waals surface area contributed by atoms with Crippen LogP contribution >= 0.6 is 35.2 Å². The van der Waals surface area contributed by atoms with Crippen molar-refractivity contribution in [3.63, 3.8) is 0 Å². The number of nitrogens with one attached hydrogen (secondary N) is 1. The van der Waals surface area contributed by atoms with E-state index in [1.807, 2.05) is 46.7 Å². The van der Waals surface area contributed by atoms with Gasteiger partial charge in [0, 0.05) is 32.7 Å². The Kier molecular flexibility index (Phi) is 6.83. The Morgan fingerprint density at radius 2 is 2.00 bits per heavy atom. The molecule has 158 valence electrons. The maximum atomic E-state index is 12.8. The van der Waals surface area contributed by atoms with Crippen molar-refractivity contribution in [2.24, 2.45) is 0 Å². The number of aromatic amines is 1. The number of rotatable bonds is 7. The Labute approximate surface area is 188 Å². The summed E-state index contributed by atoms with van der Waals surface area (Å²) in [6.45, 7) is 4.54. The van der Waals surface area contributed by atoms with Crippen LogP contribution in [0, 0.1) is 4.77 Å². The molecule has 0 atom stereocenters. The molecule has 0 spiro atoms. The van der Waals surface area contributed by atoms with Crippen molar-refractivity contribution in [1.29, 1.82) is 0 Å². The number of thiophene rings is 1. The van der Waals surface area contributed by atoms with Gasteiger partial charge in [-0.3, -0.25) is 19.4 Å². The second-order valence-corrected chi connectivity index (χ2v) is 8.66. The van der Waals surface area contributed by atoms with E-state index in [4.69, 9.17) is 28.6 Å². The van der Waals surface area contributed by atoms with Gasteiger partial charge in [-0.25, -0.2) is 0 Å². The number of aromatic nitrogens is 3. The molecule has 1 saturated heterocycles. The molecular weight excluding hydrogens is 442 g/mol. The van der Waals surface area contributed by atoms with E-state index in [2.05, 4.69) is 15.1 Å². The summed E-state index contributed by atoms with van der Waals surface area (Å²) in [6.07, 6.45) is 0. The van der Waals surface area contributed by atoms with E-state index in [0.29, 0.717) is 41.1 Å². The Bertz CT molecular complexity index is 1040. The zero-order valence-corrected chi connectivity index (χ0v) is 18.7. The van der Waals surface area contributed by atoms with Gasteiger partial charge in [0.05, 0.1) is 9.90 Å². The van der Waals surface area contributed by atoms with Crippen molar-refractivity contribution in [2.45, 2.75) is 6.54 Å². The molecule has 1 aliphatic rings. The number of hydrogen-bond donors (Lipinski definition) is 1. The van der Waals surface area contributed by atoms with Crippen LogP contribution in [0.2, 0.25) is 5.02 Å². The largest absolute Gasteiger partial charge is 0.491 e. The maximum absolute atomic E-state index is 12.8. The van der Waals surface area contributed by atoms with E-state index in [1.165, 1.54) is 0 Å². The van der Waals surface area contributed by atoms with Crippen LogP contribution in [-0.4, -0.2) is 69.8 Å². The fourth-order valence-electron chi connectivity index (χ4n) is 3.36. The average molecular weight is 464 g/mol. The summed E-state index contributed by atoms with van der Waals surface area (Å²) in [5, 5.41) is 9.69. The Balaban J connectivity index is 1.27. The summed E-state index contributed by atoms with van der Waals surface area (Å²) in [7, 11) is 0. The number of nitrogens with zero attached hydrogens (tertiary/aromatic N) is 4. The molecular formula is C20H22ClN5O2S2. The van der Waals surface area contributed by atoms with Crippen LogP contribution in [-0.2, 0) is 11.3 Å². The zero-order chi connectivity index (χ0) is 20.9. The van der Waals surface area contributed by atoms with Crippen LogP contribution in [0.15, 0.2) is 41.8 Å². The number of carbonyl (C=O) groups excluding carboxylic acids is 1. The molecule has 1 amide bonds. The first-order valence-corrected chi connectivity index (χ1v) is 11.3. The smallest absolute Gasteiger partial charge is 0.242 e. The normalized spacial score (nSPS) is 14.8. The highest BCUT2D eigenvalue weighted by Crippen LogP contribution is 2.24. The number of carbonyl (C=O) groups is 1. The van der Waals surface area contributed by atoms with Crippen molar-refractivity contribution in [3.05, 3.63) is 51.6 Å². The molecule has 3 aromatic rings. The first-order chi connectivity index (χ1) is 14.6. The topological polar surface area (TPSA) is 66.4 Å². The van der Waals surface area contributed by atoms with E-state index in [9.17, 15) is 4.79 Å². The van der Waals surface area contributed by atoms with Gasteiger partial charge in [0.1, 0.15) is 18.9 Å². The van der Waals surface area contributed by atoms with Crippen LogP contribution in [0.3, 0.4) is 0 Å². The van der Waals surface area contributed by atoms with Crippen molar-refractivity contribution in [2.75, 3.05) is 39.3 Å². The third-order valence-corrected chi connectivity index (χ3v) is 6.51. The molecule has 1 aliphatic heterocycles. The van der Waals surface area contributed by atoms with Crippen molar-refractivity contribution >= 4 is 41.1 Å². The molecule has 2 aromatic heterocycles. The van der Waals surface area contributed by atoms with Crippen LogP contribution in [0.4, 0.5) is 0 Å². The minimum Gasteiger partial charge on any atom is -0.491 e. The fourth-order valence-corrected chi connectivity index (χ4v) is 4.47. The number of benzene rings is 1. The van der Waals surface area contributed by atoms with Gasteiger partial charge in [0.15, 0.2) is 10.6 Å². The lowest BCUT2D eigenvalue weighted by molar-refractivity contribution is -0.133. The summed E-state index contributed by atoms with van der Waals surface area (Å²) in [4.78, 5) is 18.0. The van der Waals surface area contributed by atoms with Crippen LogP contribution < -0.4 is 4.74 Å². The third kappa shape index (κ3) is 4.92. The Morgan fingerprint density at radius 1 is 1.20 bits per heavy atom. The summed E-state index contributed by atoms with van der Waals surface area (Å²) < 4.78 is 8.00. The highest BCUT2D eigenvalue weighted by molar-refractivity contribution is 7.71. The maximum Gasteiger partial charge on any atom is 0.242 e. The summed E-state index contributed by atoms with van der Waals surface area (Å²) in [5.74, 6) is 1.46. The molecule has 10 heteroatoms. The molecule has 0 radical (unpaired) electrons. The second-order valence-electron chi connectivity index (χ2n) is 6.92. The lowest BCUT2D eigenvalue weighted by Gasteiger charge is -2.34. The molecule has 30 heavy (non-hydrogen) atoms. The first-order valence-electron chi connectivity index (χ1n) is 9.68. The van der Waals surface area contributed by atoms with Gasteiger partial charge in [-0.05, 0) is 35.8 Å². The summed E-state index contributed by atoms with van der Waals surface area (Å²) in [5.41, 5.74) is 0. The first kappa shape index (κ1) is 21.0. The monoisotopic (exact) mass is 463 g/mol. The zero-order valence-electron chi connectivity index (χ0n) is 16.3. The Morgan fingerprint density at radius 3 is 2.73 bits per heavy atom. The van der Waals surface area contributed by atoms with Gasteiger partial charge in [-0.2, -0.15) is 5.10 Å². The van der Waals surface area contributed by atoms with Crippen LogP contribution in [0.1, 0.15) is 0 Å². The molecule has 4 rings (SSSR count). The van der Waals surface area contributed by atoms with Gasteiger partial charge in [0.25, 0.3) is 0 Å². The van der Waals surface area contributed by atoms with Crippen molar-refractivity contribution < 1.29 is 9.53 Å². The second kappa shape index (κ2) is 9.74. The molecule has 3 heterocycles. The highest BCUT2D eigenvalue weighted by Gasteiger charge is 2.22. The predicted octanol–water partition coefficient (Wildman–Crippen LogP) is 3.55. The minimum atomic E-state index is 0.0530. The SMILES string of the molecule is O=C(Cn1c(-c2cccs2)n[nH]c1=S)N1CCN(CCOc2ccccc2Cl)CC1. The van der Waals surface area contributed by atoms with E-state index in [-0.39, 0.29) is 12.5 Å². The number of hydrogen-bond acceptors (Lipinski definition) is 6. The van der Waals surface area contributed by atoms with Crippen molar-refractivity contribution in [3.8, 4) is 16.5 Å². The quantitative estimate of drug-likeness (QED) is 0.543. The molecule has 1 fully saturated rings. The standard InChI is InChI=1S/C20H22ClN5O2S2/c21-15-4-1-2-5-16(15)28-12-11-24-7-9-25(10-8-24)18(27)14-26-19(22-23-20(26)29)17-6-3-13-30-17/h1-6,13H,7-12,14H2,(H,23,29). The molecule has 0 aliphatic carbocycles. The highest BCUT2D eigenvalue weighted by atomic mass is 35.5. The number of ether oxygens (including phenoxy) is 1. The van der Waals surface area contributed by atoms with E-state index >= 15 is 0 Å². The lowest BCUT2D eigenvalue weighted by atomic mass is 10.3. The number of para-hydroxylation sites is 1. The molecule has 1 aromatic carbocycles. The molecule has 0 saturated carbocycles. The van der Waals surface area contributed by atoms with Gasteiger partial charge in [-0.1, -0.05) is 29.8 Å². The third-order valence-electron chi connectivity index (χ3n) is 5.02. The fraction of sp³-hybridized carbons (Fsp3) is 0.350. The number of amides is 1. The average Bonchev–Trinajstić information content (AvgIpc) is 3.40. The molecule has 1 N–H and O–H groups in total. The number of H-pyrrole nitrogens is 1. The van der Waals surface area contributed by atoms with Gasteiger partial charge in [-0.15, -0.1) is 11.3 Å². The molecule has 0 bridgehead atoms. The van der Waals surface area contributed by atoms with Crippen LogP contribution in [0.25, 0.3) is 10.7 Å². The van der Waals surface area contributed by atoms with E-state index < -0.39 is 0 Å². The van der Waals surface area contributed by atoms with E-state index in [0.717, 1.165) is 24.5 Å².